The summed E-state index contributed by atoms with van der Waals surface area (Å²) in [6.45, 7) is 5.53. The quantitative estimate of drug-likeness (QED) is 0.691. The molecule has 1 aliphatic rings. The molecule has 1 aromatic heterocycles. The summed E-state index contributed by atoms with van der Waals surface area (Å²) in [5, 5.41) is 10.9. The Bertz CT molecular complexity index is 633. The third-order valence-electron chi connectivity index (χ3n) is 4.88. The number of hydrogen-bond acceptors (Lipinski definition) is 6. The van der Waals surface area contributed by atoms with Crippen molar-refractivity contribution in [1.29, 1.82) is 5.26 Å². The van der Waals surface area contributed by atoms with Gasteiger partial charge in [-0.15, -0.1) is 0 Å². The molecule has 26 heavy (non-hydrogen) atoms. The predicted octanol–water partition coefficient (Wildman–Crippen LogP) is 2.53. The molecule has 0 saturated heterocycles. The number of hydrogen-bond donors (Lipinski definition) is 2. The Balaban J connectivity index is 2.17. The summed E-state index contributed by atoms with van der Waals surface area (Å²) in [5.74, 6) is 0.729. The monoisotopic (exact) mass is 358 g/mol. The van der Waals surface area contributed by atoms with Crippen molar-refractivity contribution < 1.29 is 4.79 Å². The number of nitrogens with two attached hydrogens (primary N) is 1. The second kappa shape index (κ2) is 9.48. The average molecular weight is 358 g/mol. The van der Waals surface area contributed by atoms with Gasteiger partial charge in [-0.2, -0.15) is 10.2 Å². The SMILES string of the molecule is CC(C)(CCCN)CN(NC(=O)C1CCCCC1)c1ccnc(C#N)n1. The number of aromatic nitrogens is 2. The molecule has 1 saturated carbocycles. The van der Waals surface area contributed by atoms with E-state index in [1.165, 1.54) is 6.42 Å². The molecule has 0 bridgehead atoms. The van der Waals surface area contributed by atoms with E-state index >= 15 is 0 Å². The van der Waals surface area contributed by atoms with Gasteiger partial charge in [-0.05, 0) is 37.6 Å². The summed E-state index contributed by atoms with van der Waals surface area (Å²) in [6, 6.07) is 3.68. The maximum absolute atomic E-state index is 12.8. The first-order chi connectivity index (χ1) is 12.4. The number of carbonyl (C=O) groups excluding carboxylic acids is 1. The van der Waals surface area contributed by atoms with Gasteiger partial charge in [0.15, 0.2) is 5.82 Å². The maximum Gasteiger partial charge on any atom is 0.241 e. The van der Waals surface area contributed by atoms with Gasteiger partial charge in [0, 0.05) is 24.7 Å². The molecule has 1 fully saturated rings. The summed E-state index contributed by atoms with van der Waals surface area (Å²) < 4.78 is 0. The van der Waals surface area contributed by atoms with Crippen LogP contribution in [-0.4, -0.2) is 29.0 Å². The topological polar surface area (TPSA) is 108 Å². The molecule has 7 heteroatoms. The van der Waals surface area contributed by atoms with E-state index < -0.39 is 0 Å². The zero-order chi connectivity index (χ0) is 19.0. The van der Waals surface area contributed by atoms with E-state index in [0.29, 0.717) is 18.9 Å². The molecule has 3 N–H and O–H groups in total. The number of hydrazine groups is 1. The minimum atomic E-state index is -0.0586. The Morgan fingerprint density at radius 3 is 2.81 bits per heavy atom. The molecular weight excluding hydrogens is 328 g/mol. The fourth-order valence-corrected chi connectivity index (χ4v) is 3.41. The van der Waals surface area contributed by atoms with E-state index in [-0.39, 0.29) is 23.1 Å². The van der Waals surface area contributed by atoms with E-state index in [4.69, 9.17) is 11.0 Å². The molecule has 0 atom stereocenters. The van der Waals surface area contributed by atoms with E-state index in [2.05, 4.69) is 29.2 Å². The molecule has 0 spiro atoms. The van der Waals surface area contributed by atoms with Crippen molar-refractivity contribution >= 4 is 11.7 Å². The Hall–Kier alpha value is -2.20. The summed E-state index contributed by atoms with van der Waals surface area (Å²) in [5.41, 5.74) is 8.65. The van der Waals surface area contributed by atoms with Gasteiger partial charge in [-0.25, -0.2) is 4.98 Å². The maximum atomic E-state index is 12.8. The second-order valence-electron chi connectivity index (χ2n) is 7.80. The molecule has 0 unspecified atom stereocenters. The molecular formula is C19H30N6O. The van der Waals surface area contributed by atoms with Gasteiger partial charge in [0.05, 0.1) is 0 Å². The Morgan fingerprint density at radius 1 is 1.42 bits per heavy atom. The van der Waals surface area contributed by atoms with Crippen molar-refractivity contribution in [3.05, 3.63) is 18.1 Å². The van der Waals surface area contributed by atoms with Gasteiger partial charge in [0.2, 0.25) is 11.7 Å². The van der Waals surface area contributed by atoms with Crippen LogP contribution in [0.2, 0.25) is 0 Å². The standard InChI is InChI=1S/C19H30N6O/c1-19(2,10-6-11-20)14-25(17-9-12-22-16(13-21)23-17)24-18(26)15-7-4-3-5-8-15/h9,12,15H,3-8,10-11,14,20H2,1-2H3,(H,24,26). The van der Waals surface area contributed by atoms with E-state index in [0.717, 1.165) is 38.5 Å². The lowest BCUT2D eigenvalue weighted by Gasteiger charge is -2.34. The third kappa shape index (κ3) is 5.95. The number of rotatable bonds is 8. The van der Waals surface area contributed by atoms with Crippen LogP contribution < -0.4 is 16.2 Å². The molecule has 0 radical (unpaired) electrons. The van der Waals surface area contributed by atoms with Gasteiger partial charge in [0.25, 0.3) is 0 Å². The first kappa shape index (κ1) is 20.1. The van der Waals surface area contributed by atoms with Crippen molar-refractivity contribution in [3.63, 3.8) is 0 Å². The van der Waals surface area contributed by atoms with E-state index in [1.54, 1.807) is 17.3 Å². The minimum Gasteiger partial charge on any atom is -0.330 e. The van der Waals surface area contributed by atoms with Crippen LogP contribution in [0.3, 0.4) is 0 Å². The van der Waals surface area contributed by atoms with Gasteiger partial charge in [-0.1, -0.05) is 33.1 Å². The molecule has 2 rings (SSSR count). The summed E-state index contributed by atoms with van der Waals surface area (Å²) in [7, 11) is 0. The van der Waals surface area contributed by atoms with Crippen LogP contribution in [0.5, 0.6) is 0 Å². The molecule has 0 aliphatic heterocycles. The summed E-state index contributed by atoms with van der Waals surface area (Å²) in [4.78, 5) is 21.0. The summed E-state index contributed by atoms with van der Waals surface area (Å²) in [6.07, 6.45) is 8.69. The molecule has 1 amide bonds. The fraction of sp³-hybridized carbons (Fsp3) is 0.684. The lowest BCUT2D eigenvalue weighted by atomic mass is 9.87. The van der Waals surface area contributed by atoms with Crippen LogP contribution in [-0.2, 0) is 4.79 Å². The number of carbonyl (C=O) groups is 1. The third-order valence-corrected chi connectivity index (χ3v) is 4.88. The number of amides is 1. The normalized spacial score (nSPS) is 15.3. The number of nitrogens with zero attached hydrogens (tertiary/aromatic N) is 4. The number of nitrogens with one attached hydrogen (secondary N) is 1. The molecule has 1 aliphatic carbocycles. The fourth-order valence-electron chi connectivity index (χ4n) is 3.41. The van der Waals surface area contributed by atoms with E-state index in [1.807, 2.05) is 6.07 Å². The first-order valence-corrected chi connectivity index (χ1v) is 9.46. The second-order valence-corrected chi connectivity index (χ2v) is 7.80. The van der Waals surface area contributed by atoms with Gasteiger partial charge < -0.3 is 5.73 Å². The van der Waals surface area contributed by atoms with Crippen LogP contribution in [0, 0.1) is 22.7 Å². The number of nitriles is 1. The smallest absolute Gasteiger partial charge is 0.241 e. The van der Waals surface area contributed by atoms with Crippen LogP contribution in [0.15, 0.2) is 12.3 Å². The molecule has 1 heterocycles. The lowest BCUT2D eigenvalue weighted by molar-refractivity contribution is -0.126. The van der Waals surface area contributed by atoms with Crippen molar-refractivity contribution in [2.45, 2.75) is 58.8 Å². The molecule has 142 valence electrons. The van der Waals surface area contributed by atoms with Crippen LogP contribution in [0.4, 0.5) is 5.82 Å². The highest BCUT2D eigenvalue weighted by Gasteiger charge is 2.27. The van der Waals surface area contributed by atoms with Gasteiger partial charge in [0.1, 0.15) is 6.07 Å². The first-order valence-electron chi connectivity index (χ1n) is 9.46. The molecule has 0 aromatic carbocycles. The van der Waals surface area contributed by atoms with Gasteiger partial charge >= 0.3 is 0 Å². The number of anilines is 1. The van der Waals surface area contributed by atoms with Crippen molar-refractivity contribution in [3.8, 4) is 6.07 Å². The highest BCUT2D eigenvalue weighted by atomic mass is 16.2. The average Bonchev–Trinajstić information content (AvgIpc) is 2.66. The molecule has 1 aromatic rings. The Morgan fingerprint density at radius 2 is 2.15 bits per heavy atom. The van der Waals surface area contributed by atoms with E-state index in [9.17, 15) is 4.79 Å². The van der Waals surface area contributed by atoms with Crippen LogP contribution in [0.25, 0.3) is 0 Å². The van der Waals surface area contributed by atoms with Crippen LogP contribution in [0.1, 0.15) is 64.6 Å². The zero-order valence-electron chi connectivity index (χ0n) is 15.9. The molecule has 7 nitrogen and oxygen atoms in total. The zero-order valence-corrected chi connectivity index (χ0v) is 15.9. The predicted molar refractivity (Wildman–Crippen MR) is 101 cm³/mol. The minimum absolute atomic E-state index is 0.0384. The summed E-state index contributed by atoms with van der Waals surface area (Å²) >= 11 is 0. The Kier molecular flexibility index (Phi) is 7.34. The van der Waals surface area contributed by atoms with Gasteiger partial charge in [-0.3, -0.25) is 15.2 Å². The Labute approximate surface area is 156 Å². The van der Waals surface area contributed by atoms with Crippen molar-refractivity contribution in [2.75, 3.05) is 18.1 Å². The lowest BCUT2D eigenvalue weighted by Crippen LogP contribution is -2.50. The highest BCUT2D eigenvalue weighted by molar-refractivity contribution is 5.80. The van der Waals surface area contributed by atoms with Crippen molar-refractivity contribution in [1.82, 2.24) is 15.4 Å². The largest absolute Gasteiger partial charge is 0.330 e. The highest BCUT2D eigenvalue weighted by Crippen LogP contribution is 2.27. The van der Waals surface area contributed by atoms with Crippen molar-refractivity contribution in [2.24, 2.45) is 17.1 Å². The van der Waals surface area contributed by atoms with Crippen LogP contribution >= 0.6 is 0 Å².